The van der Waals surface area contributed by atoms with Crippen molar-refractivity contribution in [2.45, 2.75) is 20.3 Å². The summed E-state index contributed by atoms with van der Waals surface area (Å²) in [5.41, 5.74) is 0. The Kier molecular flexibility index (Phi) is 2.41. The second-order valence-electron chi connectivity index (χ2n) is 2.89. The van der Waals surface area contributed by atoms with Crippen LogP contribution in [0.25, 0.3) is 0 Å². The molecule has 1 aromatic rings. The minimum Gasteiger partial charge on any atom is -0.440 e. The molecule has 0 fully saturated rings. The molecule has 0 aliphatic heterocycles. The number of carbonyl (C=O) groups is 1. The van der Waals surface area contributed by atoms with Crippen LogP contribution >= 0.6 is 0 Å². The quantitative estimate of drug-likeness (QED) is 0.623. The van der Waals surface area contributed by atoms with Crippen LogP contribution in [0.15, 0.2) is 17.0 Å². The van der Waals surface area contributed by atoms with Crippen LogP contribution in [0.4, 0.5) is 0 Å². The van der Waals surface area contributed by atoms with Crippen molar-refractivity contribution < 1.29 is 9.21 Å². The summed E-state index contributed by atoms with van der Waals surface area (Å²) in [6.45, 7) is 3.99. The summed E-state index contributed by atoms with van der Waals surface area (Å²) in [5, 5.41) is 0. The van der Waals surface area contributed by atoms with Crippen molar-refractivity contribution in [2.24, 2.45) is 5.92 Å². The van der Waals surface area contributed by atoms with Crippen molar-refractivity contribution in [3.63, 3.8) is 0 Å². The smallest absolute Gasteiger partial charge is 0.199 e. The van der Waals surface area contributed by atoms with Crippen LogP contribution in [0.5, 0.6) is 0 Å². The molecule has 0 aliphatic carbocycles. The van der Waals surface area contributed by atoms with Gasteiger partial charge in [-0.1, -0.05) is 13.8 Å². The van der Waals surface area contributed by atoms with Gasteiger partial charge in [0.25, 0.3) is 0 Å². The van der Waals surface area contributed by atoms with Crippen LogP contribution in [0.1, 0.15) is 30.8 Å². The highest BCUT2D eigenvalue weighted by atomic mass is 16.3. The molecule has 0 spiro atoms. The molecule has 0 bridgehead atoms. The van der Waals surface area contributed by atoms with Gasteiger partial charge in [0.05, 0.1) is 6.20 Å². The number of nitrogens with zero attached hydrogens (tertiary/aromatic N) is 1. The first-order valence-electron chi connectivity index (χ1n) is 3.62. The predicted molar refractivity (Wildman–Crippen MR) is 40.3 cm³/mol. The summed E-state index contributed by atoms with van der Waals surface area (Å²) >= 11 is 0. The molecular weight excluding hydrogens is 142 g/mol. The molecule has 0 saturated carbocycles. The molecule has 0 atom stereocenters. The Morgan fingerprint density at radius 1 is 1.73 bits per heavy atom. The maximum atomic E-state index is 11.2. The average Bonchev–Trinajstić information content (AvgIpc) is 2.35. The number of Topliss-reactive ketones (excluding diaryl/α,β-unsaturated/α-hetero) is 1. The van der Waals surface area contributed by atoms with Gasteiger partial charge < -0.3 is 4.42 Å². The van der Waals surface area contributed by atoms with Crippen LogP contribution in [0.3, 0.4) is 0 Å². The van der Waals surface area contributed by atoms with Gasteiger partial charge >= 0.3 is 0 Å². The molecule has 1 heterocycles. The zero-order valence-corrected chi connectivity index (χ0v) is 6.70. The molecule has 0 aromatic carbocycles. The van der Waals surface area contributed by atoms with E-state index in [0.717, 1.165) is 0 Å². The lowest BCUT2D eigenvalue weighted by Gasteiger charge is -1.98. The number of ketones is 1. The van der Waals surface area contributed by atoms with Gasteiger partial charge in [-0.15, -0.1) is 0 Å². The molecule has 1 rings (SSSR count). The van der Waals surface area contributed by atoms with Gasteiger partial charge in [0.1, 0.15) is 0 Å². The van der Waals surface area contributed by atoms with E-state index in [0.29, 0.717) is 18.1 Å². The number of oxazole rings is 1. The Hall–Kier alpha value is -1.12. The summed E-state index contributed by atoms with van der Waals surface area (Å²) in [4.78, 5) is 14.8. The van der Waals surface area contributed by atoms with E-state index in [4.69, 9.17) is 4.42 Å². The summed E-state index contributed by atoms with van der Waals surface area (Å²) in [5.74, 6) is 0.754. The molecular formula is C8H11NO2. The molecule has 0 unspecified atom stereocenters. The maximum Gasteiger partial charge on any atom is 0.199 e. The van der Waals surface area contributed by atoms with Crippen molar-refractivity contribution in [3.8, 4) is 0 Å². The van der Waals surface area contributed by atoms with Crippen molar-refractivity contribution >= 4 is 5.78 Å². The van der Waals surface area contributed by atoms with E-state index in [1.807, 2.05) is 13.8 Å². The summed E-state index contributed by atoms with van der Waals surface area (Å²) < 4.78 is 4.84. The van der Waals surface area contributed by atoms with E-state index >= 15 is 0 Å². The van der Waals surface area contributed by atoms with Crippen molar-refractivity contribution in [2.75, 3.05) is 0 Å². The van der Waals surface area contributed by atoms with E-state index in [9.17, 15) is 4.79 Å². The number of hydrogen-bond acceptors (Lipinski definition) is 3. The minimum absolute atomic E-state index is 0.0255. The molecule has 1 aromatic heterocycles. The molecule has 0 radical (unpaired) electrons. The van der Waals surface area contributed by atoms with E-state index in [-0.39, 0.29) is 5.78 Å². The summed E-state index contributed by atoms with van der Waals surface area (Å²) in [6.07, 6.45) is 3.24. The highest BCUT2D eigenvalue weighted by Gasteiger charge is 2.10. The van der Waals surface area contributed by atoms with Crippen LogP contribution in [-0.4, -0.2) is 10.8 Å². The van der Waals surface area contributed by atoms with Crippen molar-refractivity contribution in [3.05, 3.63) is 18.4 Å². The lowest BCUT2D eigenvalue weighted by molar-refractivity contribution is 0.0940. The SMILES string of the molecule is CC(C)CC(=O)c1cnco1. The maximum absolute atomic E-state index is 11.2. The molecule has 3 nitrogen and oxygen atoms in total. The predicted octanol–water partition coefficient (Wildman–Crippen LogP) is 1.90. The lowest BCUT2D eigenvalue weighted by Crippen LogP contribution is -2.01. The summed E-state index contributed by atoms with van der Waals surface area (Å²) in [6, 6.07) is 0. The Morgan fingerprint density at radius 2 is 2.45 bits per heavy atom. The average molecular weight is 153 g/mol. The molecule has 11 heavy (non-hydrogen) atoms. The Balaban J connectivity index is 2.57. The van der Waals surface area contributed by atoms with Crippen LogP contribution < -0.4 is 0 Å². The largest absolute Gasteiger partial charge is 0.440 e. The number of hydrogen-bond donors (Lipinski definition) is 0. The third kappa shape index (κ3) is 2.18. The molecule has 0 amide bonds. The van der Waals surface area contributed by atoms with Gasteiger partial charge in [0, 0.05) is 6.42 Å². The van der Waals surface area contributed by atoms with Crippen LogP contribution in [-0.2, 0) is 0 Å². The fourth-order valence-corrected chi connectivity index (χ4v) is 0.825. The molecule has 0 N–H and O–H groups in total. The number of carbonyl (C=O) groups excluding carboxylic acids is 1. The highest BCUT2D eigenvalue weighted by Crippen LogP contribution is 2.07. The standard InChI is InChI=1S/C8H11NO2/c1-6(2)3-7(10)8-4-9-5-11-8/h4-6H,3H2,1-2H3. The zero-order valence-electron chi connectivity index (χ0n) is 6.70. The first-order valence-corrected chi connectivity index (χ1v) is 3.62. The van der Waals surface area contributed by atoms with E-state index < -0.39 is 0 Å². The Bertz CT molecular complexity index is 226. The minimum atomic E-state index is 0.0255. The first kappa shape index (κ1) is 7.98. The Morgan fingerprint density at radius 3 is 2.91 bits per heavy atom. The van der Waals surface area contributed by atoms with Crippen LogP contribution in [0.2, 0.25) is 0 Å². The third-order valence-electron chi connectivity index (χ3n) is 1.30. The number of aromatic nitrogens is 1. The van der Waals surface area contributed by atoms with Gasteiger partial charge in [-0.25, -0.2) is 4.98 Å². The summed E-state index contributed by atoms with van der Waals surface area (Å²) in [7, 11) is 0. The first-order chi connectivity index (χ1) is 5.20. The molecule has 60 valence electrons. The zero-order chi connectivity index (χ0) is 8.27. The number of rotatable bonds is 3. The van der Waals surface area contributed by atoms with E-state index in [2.05, 4.69) is 4.98 Å². The second kappa shape index (κ2) is 3.32. The van der Waals surface area contributed by atoms with E-state index in [1.54, 1.807) is 0 Å². The van der Waals surface area contributed by atoms with Crippen LogP contribution in [0, 0.1) is 5.92 Å². The van der Waals surface area contributed by atoms with Gasteiger partial charge in [-0.2, -0.15) is 0 Å². The normalized spacial score (nSPS) is 10.5. The lowest BCUT2D eigenvalue weighted by atomic mass is 10.1. The monoisotopic (exact) mass is 153 g/mol. The molecule has 0 saturated heterocycles. The third-order valence-corrected chi connectivity index (χ3v) is 1.30. The molecule has 3 heteroatoms. The van der Waals surface area contributed by atoms with Gasteiger partial charge in [-0.05, 0) is 5.92 Å². The van der Waals surface area contributed by atoms with E-state index in [1.165, 1.54) is 12.6 Å². The van der Waals surface area contributed by atoms with Crippen molar-refractivity contribution in [1.29, 1.82) is 0 Å². The fraction of sp³-hybridized carbons (Fsp3) is 0.500. The molecule has 0 aliphatic rings. The van der Waals surface area contributed by atoms with Gasteiger partial charge in [-0.3, -0.25) is 4.79 Å². The topological polar surface area (TPSA) is 43.1 Å². The van der Waals surface area contributed by atoms with Gasteiger partial charge in [0.2, 0.25) is 0 Å². The Labute approximate surface area is 65.4 Å². The highest BCUT2D eigenvalue weighted by molar-refractivity contribution is 5.93. The van der Waals surface area contributed by atoms with Gasteiger partial charge in [0.15, 0.2) is 17.9 Å². The fourth-order valence-electron chi connectivity index (χ4n) is 0.825. The second-order valence-corrected chi connectivity index (χ2v) is 2.89. The van der Waals surface area contributed by atoms with Crippen molar-refractivity contribution in [1.82, 2.24) is 4.98 Å².